The fourth-order valence-electron chi connectivity index (χ4n) is 3.99. The van der Waals surface area contributed by atoms with E-state index in [-0.39, 0.29) is 29.5 Å². The van der Waals surface area contributed by atoms with E-state index in [0.29, 0.717) is 31.7 Å². The first-order valence-corrected chi connectivity index (χ1v) is 9.56. The van der Waals surface area contributed by atoms with Gasteiger partial charge >= 0.3 is 0 Å². The number of carbonyl (C=O) groups excluding carboxylic acids is 3. The van der Waals surface area contributed by atoms with E-state index < -0.39 is 6.04 Å². The Morgan fingerprint density at radius 3 is 2.11 bits per heavy atom. The predicted octanol–water partition coefficient (Wildman–Crippen LogP) is 1.80. The Kier molecular flexibility index (Phi) is 6.08. The second-order valence-corrected chi connectivity index (χ2v) is 7.35. The van der Waals surface area contributed by atoms with Gasteiger partial charge in [-0.25, -0.2) is 4.39 Å². The highest BCUT2D eigenvalue weighted by Gasteiger charge is 2.35. The van der Waals surface area contributed by atoms with E-state index in [2.05, 4.69) is 5.32 Å². The lowest BCUT2D eigenvalue weighted by atomic mass is 9.96. The summed E-state index contributed by atoms with van der Waals surface area (Å²) in [6.45, 7) is 3.18. The minimum atomic E-state index is -0.468. The van der Waals surface area contributed by atoms with Gasteiger partial charge < -0.3 is 15.1 Å². The molecule has 0 bridgehead atoms. The minimum Gasteiger partial charge on any atom is -0.344 e. The van der Waals surface area contributed by atoms with Crippen LogP contribution in [0.15, 0.2) is 24.3 Å². The Balaban J connectivity index is 1.59. The molecule has 1 aromatic carbocycles. The summed E-state index contributed by atoms with van der Waals surface area (Å²) in [5, 5.41) is 2.84. The van der Waals surface area contributed by atoms with Crippen molar-refractivity contribution in [1.29, 1.82) is 0 Å². The van der Waals surface area contributed by atoms with Crippen LogP contribution >= 0.6 is 0 Å². The third-order valence-electron chi connectivity index (χ3n) is 5.47. The van der Waals surface area contributed by atoms with Crippen molar-refractivity contribution in [2.45, 2.75) is 38.6 Å². The number of hydrogen-bond acceptors (Lipinski definition) is 3. The van der Waals surface area contributed by atoms with Crippen LogP contribution in [0.3, 0.4) is 0 Å². The van der Waals surface area contributed by atoms with Crippen molar-refractivity contribution in [3.05, 3.63) is 35.6 Å². The maximum Gasteiger partial charge on any atom is 0.253 e. The van der Waals surface area contributed by atoms with Crippen molar-refractivity contribution in [3.8, 4) is 0 Å². The van der Waals surface area contributed by atoms with Crippen molar-refractivity contribution in [2.75, 3.05) is 26.2 Å². The molecular weight excluding hydrogens is 349 g/mol. The molecule has 3 amide bonds. The number of benzene rings is 1. The first-order chi connectivity index (χ1) is 13.0. The zero-order valence-electron chi connectivity index (χ0n) is 15.6. The van der Waals surface area contributed by atoms with Gasteiger partial charge in [0, 0.05) is 38.7 Å². The Labute approximate surface area is 158 Å². The van der Waals surface area contributed by atoms with Crippen LogP contribution < -0.4 is 5.32 Å². The van der Waals surface area contributed by atoms with Gasteiger partial charge in [0.05, 0.1) is 0 Å². The smallest absolute Gasteiger partial charge is 0.253 e. The molecule has 2 aliphatic rings. The van der Waals surface area contributed by atoms with Gasteiger partial charge in [0.2, 0.25) is 11.8 Å². The molecule has 1 saturated heterocycles. The summed E-state index contributed by atoms with van der Waals surface area (Å²) < 4.78 is 13.0. The van der Waals surface area contributed by atoms with Crippen LogP contribution in [0.25, 0.3) is 0 Å². The van der Waals surface area contributed by atoms with Gasteiger partial charge in [0.25, 0.3) is 5.91 Å². The van der Waals surface area contributed by atoms with E-state index in [1.54, 1.807) is 9.80 Å². The molecule has 1 aliphatic carbocycles. The van der Waals surface area contributed by atoms with Gasteiger partial charge in [-0.15, -0.1) is 0 Å². The molecule has 1 unspecified atom stereocenters. The maximum atomic E-state index is 13.0. The summed E-state index contributed by atoms with van der Waals surface area (Å²) in [5.41, 5.74) is 0.443. The molecule has 0 aromatic heterocycles. The molecule has 7 heteroatoms. The van der Waals surface area contributed by atoms with Crippen molar-refractivity contribution in [2.24, 2.45) is 5.92 Å². The van der Waals surface area contributed by atoms with Crippen LogP contribution in [0.2, 0.25) is 0 Å². The minimum absolute atomic E-state index is 0.0500. The van der Waals surface area contributed by atoms with Gasteiger partial charge in [-0.1, -0.05) is 12.8 Å². The van der Waals surface area contributed by atoms with Crippen LogP contribution in [-0.4, -0.2) is 59.7 Å². The third-order valence-corrected chi connectivity index (χ3v) is 5.47. The van der Waals surface area contributed by atoms with Crippen molar-refractivity contribution in [3.63, 3.8) is 0 Å². The van der Waals surface area contributed by atoms with E-state index in [4.69, 9.17) is 0 Å². The first kappa shape index (κ1) is 19.3. The van der Waals surface area contributed by atoms with Crippen molar-refractivity contribution in [1.82, 2.24) is 15.1 Å². The molecule has 1 aromatic rings. The zero-order chi connectivity index (χ0) is 19.4. The normalized spacial score (nSPS) is 19.0. The number of hydrogen-bond donors (Lipinski definition) is 1. The number of amides is 3. The molecule has 1 atom stereocenters. The topological polar surface area (TPSA) is 69.7 Å². The van der Waals surface area contributed by atoms with Gasteiger partial charge in [0.15, 0.2) is 0 Å². The molecule has 1 saturated carbocycles. The maximum absolute atomic E-state index is 13.0. The van der Waals surface area contributed by atoms with E-state index in [1.807, 2.05) is 0 Å². The number of halogens is 1. The lowest BCUT2D eigenvalue weighted by Gasteiger charge is -2.37. The van der Waals surface area contributed by atoms with E-state index in [9.17, 15) is 18.8 Å². The second-order valence-electron chi connectivity index (χ2n) is 7.35. The van der Waals surface area contributed by atoms with Gasteiger partial charge in [-0.3, -0.25) is 14.4 Å². The Morgan fingerprint density at radius 2 is 1.56 bits per heavy atom. The third kappa shape index (κ3) is 4.64. The molecule has 1 aliphatic heterocycles. The van der Waals surface area contributed by atoms with Crippen LogP contribution in [0.1, 0.15) is 43.0 Å². The molecular formula is C20H26FN3O3. The summed E-state index contributed by atoms with van der Waals surface area (Å²) in [7, 11) is 0. The summed E-state index contributed by atoms with van der Waals surface area (Å²) in [6, 6.07) is 5.02. The summed E-state index contributed by atoms with van der Waals surface area (Å²) >= 11 is 0. The first-order valence-electron chi connectivity index (χ1n) is 9.56. The average Bonchev–Trinajstić information content (AvgIpc) is 3.20. The lowest BCUT2D eigenvalue weighted by molar-refractivity contribution is -0.138. The summed E-state index contributed by atoms with van der Waals surface area (Å²) in [5.74, 6) is -0.578. The monoisotopic (exact) mass is 375 g/mol. The number of nitrogens with zero attached hydrogens (tertiary/aromatic N) is 2. The quantitative estimate of drug-likeness (QED) is 0.873. The van der Waals surface area contributed by atoms with E-state index >= 15 is 0 Å². The molecule has 146 valence electrons. The fraction of sp³-hybridized carbons (Fsp3) is 0.550. The second kappa shape index (κ2) is 8.50. The Morgan fingerprint density at radius 1 is 1.00 bits per heavy atom. The molecule has 1 N–H and O–H groups in total. The number of nitrogens with one attached hydrogen (secondary N) is 1. The van der Waals surface area contributed by atoms with Crippen molar-refractivity contribution >= 4 is 17.7 Å². The van der Waals surface area contributed by atoms with Crippen LogP contribution in [0.4, 0.5) is 4.39 Å². The SMILES string of the molecule is CC(=O)NC(C(=O)N1CCN(C(=O)c2ccc(F)cc2)CC1)C1CCCC1. The average molecular weight is 375 g/mol. The number of rotatable bonds is 4. The zero-order valence-corrected chi connectivity index (χ0v) is 15.6. The fourth-order valence-corrected chi connectivity index (χ4v) is 3.99. The molecule has 27 heavy (non-hydrogen) atoms. The molecule has 3 rings (SSSR count). The summed E-state index contributed by atoms with van der Waals surface area (Å²) in [6.07, 6.45) is 4.10. The number of piperazine rings is 1. The van der Waals surface area contributed by atoms with E-state index in [0.717, 1.165) is 25.7 Å². The van der Waals surface area contributed by atoms with Gasteiger partial charge in [-0.05, 0) is 43.0 Å². The van der Waals surface area contributed by atoms with Crippen LogP contribution in [0.5, 0.6) is 0 Å². The Hall–Kier alpha value is -2.44. The van der Waals surface area contributed by atoms with Gasteiger partial charge in [-0.2, -0.15) is 0 Å². The standard InChI is InChI=1S/C20H26FN3O3/c1-14(25)22-18(15-4-2-3-5-15)20(27)24-12-10-23(11-13-24)19(26)16-6-8-17(21)9-7-16/h6-9,15,18H,2-5,10-13H2,1H3,(H,22,25). The largest absolute Gasteiger partial charge is 0.344 e. The molecule has 1 heterocycles. The van der Waals surface area contributed by atoms with Crippen LogP contribution in [0, 0.1) is 11.7 Å². The van der Waals surface area contributed by atoms with Crippen LogP contribution in [-0.2, 0) is 9.59 Å². The number of carbonyl (C=O) groups is 3. The van der Waals surface area contributed by atoms with E-state index in [1.165, 1.54) is 31.2 Å². The molecule has 0 radical (unpaired) electrons. The van der Waals surface area contributed by atoms with Gasteiger partial charge in [0.1, 0.15) is 11.9 Å². The highest BCUT2D eigenvalue weighted by atomic mass is 19.1. The Bertz CT molecular complexity index is 693. The highest BCUT2D eigenvalue weighted by molar-refractivity contribution is 5.94. The highest BCUT2D eigenvalue weighted by Crippen LogP contribution is 2.29. The van der Waals surface area contributed by atoms with Crippen molar-refractivity contribution < 1.29 is 18.8 Å². The molecule has 2 fully saturated rings. The molecule has 0 spiro atoms. The molecule has 6 nitrogen and oxygen atoms in total. The predicted molar refractivity (Wildman–Crippen MR) is 98.4 cm³/mol. The lowest BCUT2D eigenvalue weighted by Crippen LogP contribution is -2.57. The summed E-state index contributed by atoms with van der Waals surface area (Å²) in [4.78, 5) is 40.5.